The second kappa shape index (κ2) is 6.29. The third kappa shape index (κ3) is 3.23. The fourth-order valence-corrected chi connectivity index (χ4v) is 4.19. The van der Waals surface area contributed by atoms with Crippen molar-refractivity contribution in [2.24, 2.45) is 0 Å². The topological polar surface area (TPSA) is 85.5 Å². The summed E-state index contributed by atoms with van der Waals surface area (Å²) in [5.74, 6) is 1.89. The molecule has 0 saturated carbocycles. The van der Waals surface area contributed by atoms with E-state index in [4.69, 9.17) is 9.15 Å². The number of methoxy groups -OCH3 is 1. The summed E-state index contributed by atoms with van der Waals surface area (Å²) < 4.78 is 37.4. The fraction of sp³-hybridized carbons (Fsp3) is 0.467. The molecule has 2 heterocycles. The molecule has 7 nitrogen and oxygen atoms in total. The van der Waals surface area contributed by atoms with E-state index in [9.17, 15) is 8.42 Å². The summed E-state index contributed by atoms with van der Waals surface area (Å²) in [7, 11) is -1.93. The molecule has 1 aliphatic heterocycles. The minimum Gasteiger partial charge on any atom is -0.497 e. The standard InChI is InChI=1S/C15H19N3O4S/c1-11-16-17-15(22-11)12-7-9-18(10-8-12)23(19,20)14-5-3-13(21-2)4-6-14/h3-6,12H,7-10H2,1-2H3. The Morgan fingerprint density at radius 2 is 1.83 bits per heavy atom. The van der Waals surface area contributed by atoms with Gasteiger partial charge < -0.3 is 9.15 Å². The highest BCUT2D eigenvalue weighted by Gasteiger charge is 2.31. The zero-order valence-corrected chi connectivity index (χ0v) is 13.9. The first-order chi connectivity index (χ1) is 11.0. The largest absolute Gasteiger partial charge is 0.497 e. The number of hydrogen-bond donors (Lipinski definition) is 0. The van der Waals surface area contributed by atoms with E-state index in [0.717, 1.165) is 0 Å². The van der Waals surface area contributed by atoms with Crippen molar-refractivity contribution < 1.29 is 17.6 Å². The smallest absolute Gasteiger partial charge is 0.243 e. The molecule has 124 valence electrons. The van der Waals surface area contributed by atoms with E-state index >= 15 is 0 Å². The predicted octanol–water partition coefficient (Wildman–Crippen LogP) is 1.95. The summed E-state index contributed by atoms with van der Waals surface area (Å²) >= 11 is 0. The van der Waals surface area contributed by atoms with Crippen molar-refractivity contribution in [3.8, 4) is 5.75 Å². The molecule has 1 aromatic heterocycles. The Balaban J connectivity index is 1.70. The Kier molecular flexibility index (Phi) is 4.36. The molecule has 0 spiro atoms. The number of aryl methyl sites for hydroxylation is 1. The van der Waals surface area contributed by atoms with Gasteiger partial charge in [0, 0.05) is 25.9 Å². The maximum absolute atomic E-state index is 12.7. The van der Waals surface area contributed by atoms with Gasteiger partial charge in [0.15, 0.2) is 0 Å². The first-order valence-corrected chi connectivity index (χ1v) is 8.89. The van der Waals surface area contributed by atoms with Crippen molar-refractivity contribution in [1.82, 2.24) is 14.5 Å². The van der Waals surface area contributed by atoms with Crippen LogP contribution in [-0.4, -0.2) is 43.1 Å². The normalized spacial score (nSPS) is 17.3. The molecule has 1 saturated heterocycles. The quantitative estimate of drug-likeness (QED) is 0.848. The van der Waals surface area contributed by atoms with Crippen LogP contribution < -0.4 is 4.74 Å². The van der Waals surface area contributed by atoms with Gasteiger partial charge in [-0.25, -0.2) is 8.42 Å². The minimum atomic E-state index is -3.48. The lowest BCUT2D eigenvalue weighted by Gasteiger charge is -2.29. The van der Waals surface area contributed by atoms with Gasteiger partial charge in [-0.1, -0.05) is 0 Å². The Hall–Kier alpha value is -1.93. The van der Waals surface area contributed by atoms with Crippen molar-refractivity contribution in [1.29, 1.82) is 0 Å². The second-order valence-corrected chi connectivity index (χ2v) is 7.45. The zero-order chi connectivity index (χ0) is 16.4. The van der Waals surface area contributed by atoms with E-state index in [0.29, 0.717) is 43.5 Å². The van der Waals surface area contributed by atoms with Gasteiger partial charge in [-0.2, -0.15) is 4.31 Å². The van der Waals surface area contributed by atoms with Gasteiger partial charge in [-0.05, 0) is 37.1 Å². The number of hydrogen-bond acceptors (Lipinski definition) is 6. The molecular formula is C15H19N3O4S. The summed E-state index contributed by atoms with van der Waals surface area (Å²) in [6.45, 7) is 2.64. The van der Waals surface area contributed by atoms with Crippen LogP contribution in [0.25, 0.3) is 0 Å². The molecule has 1 aromatic carbocycles. The molecular weight excluding hydrogens is 318 g/mol. The summed E-state index contributed by atoms with van der Waals surface area (Å²) in [6.07, 6.45) is 1.36. The lowest BCUT2D eigenvalue weighted by molar-refractivity contribution is 0.288. The first-order valence-electron chi connectivity index (χ1n) is 7.45. The third-order valence-electron chi connectivity index (χ3n) is 4.04. The highest BCUT2D eigenvalue weighted by molar-refractivity contribution is 7.89. The molecule has 0 N–H and O–H groups in total. The molecule has 3 rings (SSSR count). The molecule has 23 heavy (non-hydrogen) atoms. The maximum Gasteiger partial charge on any atom is 0.243 e. The lowest BCUT2D eigenvalue weighted by atomic mass is 9.98. The highest BCUT2D eigenvalue weighted by atomic mass is 32.2. The van der Waals surface area contributed by atoms with E-state index in [-0.39, 0.29) is 10.8 Å². The molecule has 1 aliphatic rings. The summed E-state index contributed by atoms with van der Waals surface area (Å²) in [5, 5.41) is 7.87. The van der Waals surface area contributed by atoms with Crippen LogP contribution in [0.3, 0.4) is 0 Å². The highest BCUT2D eigenvalue weighted by Crippen LogP contribution is 2.30. The first kappa shape index (κ1) is 15.9. The van der Waals surface area contributed by atoms with Crippen LogP contribution in [0.5, 0.6) is 5.75 Å². The SMILES string of the molecule is COc1ccc(S(=O)(=O)N2CCC(c3nnc(C)o3)CC2)cc1. The number of aromatic nitrogens is 2. The fourth-order valence-electron chi connectivity index (χ4n) is 2.72. The van der Waals surface area contributed by atoms with Gasteiger partial charge >= 0.3 is 0 Å². The lowest BCUT2D eigenvalue weighted by Crippen LogP contribution is -2.37. The average molecular weight is 337 g/mol. The molecule has 8 heteroatoms. The minimum absolute atomic E-state index is 0.124. The van der Waals surface area contributed by atoms with Gasteiger partial charge in [-0.15, -0.1) is 10.2 Å². The number of piperidine rings is 1. The molecule has 0 radical (unpaired) electrons. The molecule has 0 amide bonds. The number of benzene rings is 1. The van der Waals surface area contributed by atoms with Gasteiger partial charge in [0.05, 0.1) is 12.0 Å². The summed E-state index contributed by atoms with van der Waals surface area (Å²) in [5.41, 5.74) is 0. The van der Waals surface area contributed by atoms with Crippen molar-refractivity contribution in [3.05, 3.63) is 36.0 Å². The van der Waals surface area contributed by atoms with E-state index in [1.54, 1.807) is 38.3 Å². The number of rotatable bonds is 4. The monoisotopic (exact) mass is 337 g/mol. The maximum atomic E-state index is 12.7. The third-order valence-corrected chi connectivity index (χ3v) is 5.95. The molecule has 0 unspecified atom stereocenters. The van der Waals surface area contributed by atoms with Crippen LogP contribution in [0.4, 0.5) is 0 Å². The average Bonchev–Trinajstić information content (AvgIpc) is 3.01. The number of ether oxygens (including phenoxy) is 1. The molecule has 0 atom stereocenters. The van der Waals surface area contributed by atoms with Crippen molar-refractivity contribution in [2.75, 3.05) is 20.2 Å². The summed E-state index contributed by atoms with van der Waals surface area (Å²) in [4.78, 5) is 0.283. The van der Waals surface area contributed by atoms with E-state index in [1.165, 1.54) is 4.31 Å². The van der Waals surface area contributed by atoms with E-state index in [1.807, 2.05) is 0 Å². The van der Waals surface area contributed by atoms with Crippen LogP contribution in [0.15, 0.2) is 33.6 Å². The van der Waals surface area contributed by atoms with E-state index < -0.39 is 10.0 Å². The zero-order valence-electron chi connectivity index (χ0n) is 13.1. The Labute approximate surface area is 135 Å². The van der Waals surface area contributed by atoms with Gasteiger partial charge in [0.25, 0.3) is 0 Å². The van der Waals surface area contributed by atoms with Gasteiger partial charge in [0.1, 0.15) is 5.75 Å². The number of nitrogens with zero attached hydrogens (tertiary/aromatic N) is 3. The molecule has 0 bridgehead atoms. The van der Waals surface area contributed by atoms with Crippen LogP contribution in [0, 0.1) is 6.92 Å². The Morgan fingerprint density at radius 3 is 2.35 bits per heavy atom. The Bertz CT molecular complexity index is 762. The van der Waals surface area contributed by atoms with Crippen molar-refractivity contribution >= 4 is 10.0 Å². The molecule has 0 aliphatic carbocycles. The van der Waals surface area contributed by atoms with Crippen LogP contribution >= 0.6 is 0 Å². The summed E-state index contributed by atoms with van der Waals surface area (Å²) in [6, 6.07) is 6.45. The Morgan fingerprint density at radius 1 is 1.17 bits per heavy atom. The molecule has 1 fully saturated rings. The van der Waals surface area contributed by atoms with Crippen LogP contribution in [0.1, 0.15) is 30.5 Å². The van der Waals surface area contributed by atoms with Gasteiger partial charge in [0.2, 0.25) is 21.8 Å². The van der Waals surface area contributed by atoms with Crippen LogP contribution in [0.2, 0.25) is 0 Å². The molecule has 2 aromatic rings. The van der Waals surface area contributed by atoms with E-state index in [2.05, 4.69) is 10.2 Å². The van der Waals surface area contributed by atoms with Crippen molar-refractivity contribution in [2.45, 2.75) is 30.6 Å². The predicted molar refractivity (Wildman–Crippen MR) is 82.8 cm³/mol. The second-order valence-electron chi connectivity index (χ2n) is 5.51. The van der Waals surface area contributed by atoms with Gasteiger partial charge in [-0.3, -0.25) is 0 Å². The van der Waals surface area contributed by atoms with Crippen molar-refractivity contribution in [3.63, 3.8) is 0 Å². The number of sulfonamides is 1. The van der Waals surface area contributed by atoms with Crippen LogP contribution in [-0.2, 0) is 10.0 Å².